The van der Waals surface area contributed by atoms with E-state index in [2.05, 4.69) is 0 Å². The van der Waals surface area contributed by atoms with Crippen LogP contribution in [0.15, 0.2) is 47.4 Å². The van der Waals surface area contributed by atoms with Gasteiger partial charge in [-0.3, -0.25) is 9.10 Å². The molecule has 1 aliphatic rings. The summed E-state index contributed by atoms with van der Waals surface area (Å²) in [6, 6.07) is 11.2. The fourth-order valence-electron chi connectivity index (χ4n) is 3.73. The second-order valence-electron chi connectivity index (χ2n) is 6.87. The van der Waals surface area contributed by atoms with Gasteiger partial charge in [-0.05, 0) is 51.0 Å². The Bertz CT molecular complexity index is 1010. The summed E-state index contributed by atoms with van der Waals surface area (Å²) in [7, 11) is -3.90. The molecule has 0 aliphatic carbocycles. The van der Waals surface area contributed by atoms with Crippen LogP contribution in [0.25, 0.3) is 0 Å². The highest BCUT2D eigenvalue weighted by atomic mass is 32.2. The van der Waals surface area contributed by atoms with E-state index in [0.717, 1.165) is 0 Å². The van der Waals surface area contributed by atoms with E-state index in [4.69, 9.17) is 15.2 Å². The summed E-state index contributed by atoms with van der Waals surface area (Å²) in [4.78, 5) is 12.0. The van der Waals surface area contributed by atoms with E-state index in [1.165, 1.54) is 16.4 Å². The largest absolute Gasteiger partial charge is 0.490 e. The van der Waals surface area contributed by atoms with Crippen molar-refractivity contribution in [3.05, 3.63) is 48.0 Å². The SMILES string of the molecule is CCOc1ccc(S(=O)(=O)N2c3ccccc3C(C(N)=O)CC2C)cc1OCC. The highest BCUT2D eigenvalue weighted by molar-refractivity contribution is 7.92. The number of carbonyl (C=O) groups excluding carboxylic acids is 1. The van der Waals surface area contributed by atoms with Crippen LogP contribution in [0.5, 0.6) is 11.5 Å². The van der Waals surface area contributed by atoms with Crippen molar-refractivity contribution in [3.63, 3.8) is 0 Å². The maximum absolute atomic E-state index is 13.6. The third-order valence-corrected chi connectivity index (χ3v) is 6.87. The molecule has 8 heteroatoms. The fraction of sp³-hybridized carbons (Fsp3) is 0.381. The van der Waals surface area contributed by atoms with Crippen molar-refractivity contribution in [2.75, 3.05) is 17.5 Å². The van der Waals surface area contributed by atoms with E-state index < -0.39 is 27.9 Å². The number of anilines is 1. The van der Waals surface area contributed by atoms with Gasteiger partial charge in [-0.2, -0.15) is 0 Å². The van der Waals surface area contributed by atoms with Crippen molar-refractivity contribution in [3.8, 4) is 11.5 Å². The van der Waals surface area contributed by atoms with Gasteiger partial charge >= 0.3 is 0 Å². The van der Waals surface area contributed by atoms with Gasteiger partial charge in [0, 0.05) is 12.1 Å². The minimum Gasteiger partial charge on any atom is -0.490 e. The Morgan fingerprint density at radius 1 is 1.10 bits per heavy atom. The lowest BCUT2D eigenvalue weighted by Gasteiger charge is -2.38. The molecule has 0 spiro atoms. The van der Waals surface area contributed by atoms with E-state index in [1.807, 2.05) is 13.8 Å². The second-order valence-corrected chi connectivity index (χ2v) is 8.69. The summed E-state index contributed by atoms with van der Waals surface area (Å²) in [6.07, 6.45) is 0.320. The number of rotatable bonds is 7. The monoisotopic (exact) mass is 418 g/mol. The van der Waals surface area contributed by atoms with Crippen LogP contribution in [-0.2, 0) is 14.8 Å². The smallest absolute Gasteiger partial charge is 0.264 e. The number of nitrogens with zero attached hydrogens (tertiary/aromatic N) is 1. The van der Waals surface area contributed by atoms with E-state index in [9.17, 15) is 13.2 Å². The first kappa shape index (κ1) is 21.0. The first-order chi connectivity index (χ1) is 13.8. The minimum atomic E-state index is -3.90. The maximum atomic E-state index is 13.6. The Labute approximate surface area is 171 Å². The molecule has 1 heterocycles. The summed E-state index contributed by atoms with van der Waals surface area (Å²) in [5.41, 5.74) is 6.67. The van der Waals surface area contributed by atoms with Crippen LogP contribution in [-0.4, -0.2) is 33.6 Å². The standard InChI is InChI=1S/C21H26N2O5S/c1-4-27-19-11-10-15(13-20(19)28-5-2)29(25,26)23-14(3)12-17(21(22)24)16-8-6-7-9-18(16)23/h6-11,13-14,17H,4-5,12H2,1-3H3,(H2,22,24). The third-order valence-electron chi connectivity index (χ3n) is 4.94. The lowest BCUT2D eigenvalue weighted by Crippen LogP contribution is -2.45. The van der Waals surface area contributed by atoms with Gasteiger partial charge in [0.15, 0.2) is 11.5 Å². The lowest BCUT2D eigenvalue weighted by atomic mass is 9.87. The van der Waals surface area contributed by atoms with E-state index in [0.29, 0.717) is 42.4 Å². The zero-order chi connectivity index (χ0) is 21.2. The Hall–Kier alpha value is -2.74. The summed E-state index contributed by atoms with van der Waals surface area (Å²) in [5.74, 6) is -0.106. The summed E-state index contributed by atoms with van der Waals surface area (Å²) >= 11 is 0. The molecule has 0 aromatic heterocycles. The van der Waals surface area contributed by atoms with Gasteiger partial charge in [0.25, 0.3) is 10.0 Å². The minimum absolute atomic E-state index is 0.101. The van der Waals surface area contributed by atoms with Gasteiger partial charge in [-0.1, -0.05) is 18.2 Å². The maximum Gasteiger partial charge on any atom is 0.264 e. The predicted molar refractivity (Wildman–Crippen MR) is 111 cm³/mol. The summed E-state index contributed by atoms with van der Waals surface area (Å²) in [6.45, 7) is 6.27. The number of nitrogens with two attached hydrogens (primary N) is 1. The number of para-hydroxylation sites is 1. The number of primary amides is 1. The molecular weight excluding hydrogens is 392 g/mol. The van der Waals surface area contributed by atoms with E-state index >= 15 is 0 Å². The van der Waals surface area contributed by atoms with Crippen LogP contribution in [0, 0.1) is 0 Å². The molecule has 0 saturated heterocycles. The average Bonchev–Trinajstić information content (AvgIpc) is 2.68. The molecule has 1 aliphatic heterocycles. The summed E-state index contributed by atoms with van der Waals surface area (Å²) in [5, 5.41) is 0. The van der Waals surface area contributed by atoms with Gasteiger partial charge < -0.3 is 15.2 Å². The number of sulfonamides is 1. The average molecular weight is 419 g/mol. The molecule has 0 saturated carbocycles. The Morgan fingerprint density at radius 3 is 2.41 bits per heavy atom. The summed E-state index contributed by atoms with van der Waals surface area (Å²) < 4.78 is 39.6. The first-order valence-electron chi connectivity index (χ1n) is 9.63. The first-order valence-corrected chi connectivity index (χ1v) is 11.1. The molecule has 0 fully saturated rings. The third kappa shape index (κ3) is 3.89. The molecule has 3 rings (SSSR count). The number of fused-ring (bicyclic) bond motifs is 1. The zero-order valence-corrected chi connectivity index (χ0v) is 17.6. The van der Waals surface area contributed by atoms with E-state index in [1.54, 1.807) is 37.3 Å². The highest BCUT2D eigenvalue weighted by Gasteiger charge is 2.39. The highest BCUT2D eigenvalue weighted by Crippen LogP contribution is 2.42. The van der Waals surface area contributed by atoms with Crippen LogP contribution >= 0.6 is 0 Å². The molecule has 2 N–H and O–H groups in total. The van der Waals surface area contributed by atoms with Crippen molar-refractivity contribution >= 4 is 21.6 Å². The van der Waals surface area contributed by atoms with Gasteiger partial charge in [-0.15, -0.1) is 0 Å². The van der Waals surface area contributed by atoms with Crippen LogP contribution in [0.3, 0.4) is 0 Å². The molecule has 29 heavy (non-hydrogen) atoms. The number of hydrogen-bond acceptors (Lipinski definition) is 5. The van der Waals surface area contributed by atoms with Crippen molar-refractivity contribution in [2.45, 2.75) is 44.0 Å². The van der Waals surface area contributed by atoms with Crippen LogP contribution in [0.1, 0.15) is 38.7 Å². The van der Waals surface area contributed by atoms with Crippen molar-refractivity contribution in [1.29, 1.82) is 0 Å². The van der Waals surface area contributed by atoms with Gasteiger partial charge in [-0.25, -0.2) is 8.42 Å². The normalized spacial score (nSPS) is 18.8. The fourth-order valence-corrected chi connectivity index (χ4v) is 5.43. The zero-order valence-electron chi connectivity index (χ0n) is 16.8. The molecule has 0 bridgehead atoms. The molecule has 2 aromatic carbocycles. The van der Waals surface area contributed by atoms with Gasteiger partial charge in [0.05, 0.1) is 29.7 Å². The molecule has 0 radical (unpaired) electrons. The quantitative estimate of drug-likeness (QED) is 0.745. The van der Waals surface area contributed by atoms with Crippen molar-refractivity contribution < 1.29 is 22.7 Å². The molecule has 156 valence electrons. The van der Waals surface area contributed by atoms with Crippen molar-refractivity contribution in [1.82, 2.24) is 0 Å². The molecule has 2 unspecified atom stereocenters. The van der Waals surface area contributed by atoms with Crippen molar-refractivity contribution in [2.24, 2.45) is 5.73 Å². The van der Waals surface area contributed by atoms with Gasteiger partial charge in [0.1, 0.15) is 0 Å². The molecule has 1 amide bonds. The molecule has 2 aromatic rings. The van der Waals surface area contributed by atoms with Gasteiger partial charge in [0.2, 0.25) is 5.91 Å². The van der Waals surface area contributed by atoms with Crippen LogP contribution < -0.4 is 19.5 Å². The number of ether oxygens (including phenoxy) is 2. The van der Waals surface area contributed by atoms with Crippen LogP contribution in [0.2, 0.25) is 0 Å². The van der Waals surface area contributed by atoms with E-state index in [-0.39, 0.29) is 4.90 Å². The Morgan fingerprint density at radius 2 is 1.76 bits per heavy atom. The molecule has 7 nitrogen and oxygen atoms in total. The Balaban J connectivity index is 2.10. The second kappa shape index (κ2) is 8.32. The number of hydrogen-bond donors (Lipinski definition) is 1. The number of benzene rings is 2. The topological polar surface area (TPSA) is 98.9 Å². The lowest BCUT2D eigenvalue weighted by molar-refractivity contribution is -0.119. The Kier molecular flexibility index (Phi) is 6.02. The number of carbonyl (C=O) groups is 1. The number of amides is 1. The van der Waals surface area contributed by atoms with Crippen LogP contribution in [0.4, 0.5) is 5.69 Å². The predicted octanol–water partition coefficient (Wildman–Crippen LogP) is 3.04. The molecular formula is C21H26N2O5S. The molecule has 2 atom stereocenters.